The van der Waals surface area contributed by atoms with Crippen LogP contribution in [0.2, 0.25) is 0 Å². The zero-order chi connectivity index (χ0) is 26.6. The number of nitrogens with one attached hydrogen (secondary N) is 2. The van der Waals surface area contributed by atoms with Crippen LogP contribution in [0.5, 0.6) is 5.88 Å². The Morgan fingerprint density at radius 3 is 2.82 bits per heavy atom. The largest absolute Gasteiger partial charge is 0.476 e. The number of aromatic nitrogens is 5. The van der Waals surface area contributed by atoms with Gasteiger partial charge in [0.1, 0.15) is 17.9 Å². The van der Waals surface area contributed by atoms with Crippen molar-refractivity contribution in [1.82, 2.24) is 34.4 Å². The lowest BCUT2D eigenvalue weighted by Crippen LogP contribution is -2.44. The minimum Gasteiger partial charge on any atom is -0.476 e. The summed E-state index contributed by atoms with van der Waals surface area (Å²) in [6.07, 6.45) is 4.16. The number of aryl methyl sites for hydroxylation is 1. The minimum absolute atomic E-state index is 0.219. The van der Waals surface area contributed by atoms with E-state index in [4.69, 9.17) is 14.8 Å². The number of carbonyl (C=O) groups is 1. The predicted octanol–water partition coefficient (Wildman–Crippen LogP) is 3.23. The number of amides is 1. The Kier molecular flexibility index (Phi) is 7.20. The number of imidazole rings is 1. The maximum Gasteiger partial charge on any atom is 0.274 e. The normalized spacial score (nSPS) is 14.2. The van der Waals surface area contributed by atoms with E-state index in [1.807, 2.05) is 65.5 Å². The van der Waals surface area contributed by atoms with E-state index in [-0.39, 0.29) is 5.91 Å². The SMILES string of the molecule is CCc1nn(Cc2cccc(OCCN3CCNCC3)n2)c2cccc(NC(=O)c3cnc4ccccn34)c12. The zero-order valence-corrected chi connectivity index (χ0v) is 22.0. The highest BCUT2D eigenvalue weighted by atomic mass is 16.5. The Bertz CT molecular complexity index is 1600. The van der Waals surface area contributed by atoms with E-state index in [1.165, 1.54) is 0 Å². The first-order valence-electron chi connectivity index (χ1n) is 13.4. The molecule has 4 aromatic heterocycles. The lowest BCUT2D eigenvalue weighted by molar-refractivity contribution is 0.102. The lowest BCUT2D eigenvalue weighted by atomic mass is 10.1. The van der Waals surface area contributed by atoms with Gasteiger partial charge in [-0.15, -0.1) is 0 Å². The first kappa shape index (κ1) is 25.0. The highest BCUT2D eigenvalue weighted by molar-refractivity contribution is 6.08. The van der Waals surface area contributed by atoms with Crippen LogP contribution in [0, 0.1) is 0 Å². The molecule has 0 radical (unpaired) electrons. The maximum absolute atomic E-state index is 13.2. The summed E-state index contributed by atoms with van der Waals surface area (Å²) >= 11 is 0. The van der Waals surface area contributed by atoms with Crippen molar-refractivity contribution in [3.63, 3.8) is 0 Å². The second-order valence-electron chi connectivity index (χ2n) is 9.59. The van der Waals surface area contributed by atoms with E-state index in [2.05, 4.69) is 27.4 Å². The van der Waals surface area contributed by atoms with Crippen LogP contribution in [0.4, 0.5) is 5.69 Å². The third-order valence-electron chi connectivity index (χ3n) is 7.04. The monoisotopic (exact) mass is 524 g/mol. The fourth-order valence-corrected chi connectivity index (χ4v) is 5.06. The summed E-state index contributed by atoms with van der Waals surface area (Å²) in [4.78, 5) is 24.7. The molecule has 1 aromatic carbocycles. The van der Waals surface area contributed by atoms with Gasteiger partial charge in [-0.3, -0.25) is 18.8 Å². The maximum atomic E-state index is 13.2. The minimum atomic E-state index is -0.219. The van der Waals surface area contributed by atoms with Crippen LogP contribution in [0.3, 0.4) is 0 Å². The molecule has 39 heavy (non-hydrogen) atoms. The number of ether oxygens (including phenoxy) is 1. The number of fused-ring (bicyclic) bond motifs is 2. The highest BCUT2D eigenvalue weighted by Gasteiger charge is 2.18. The van der Waals surface area contributed by atoms with Crippen molar-refractivity contribution in [2.24, 2.45) is 0 Å². The zero-order valence-electron chi connectivity index (χ0n) is 22.0. The summed E-state index contributed by atoms with van der Waals surface area (Å²) in [5.74, 6) is 0.402. The van der Waals surface area contributed by atoms with Crippen molar-refractivity contribution in [1.29, 1.82) is 0 Å². The Labute approximate surface area is 226 Å². The van der Waals surface area contributed by atoms with Crippen LogP contribution in [0.15, 0.2) is 67.0 Å². The first-order valence-corrected chi connectivity index (χ1v) is 13.4. The number of anilines is 1. The van der Waals surface area contributed by atoms with E-state index < -0.39 is 0 Å². The molecule has 0 aliphatic carbocycles. The van der Waals surface area contributed by atoms with Gasteiger partial charge in [0.25, 0.3) is 5.91 Å². The van der Waals surface area contributed by atoms with Crippen LogP contribution in [-0.4, -0.2) is 74.3 Å². The summed E-state index contributed by atoms with van der Waals surface area (Å²) in [7, 11) is 0. The molecule has 1 aliphatic heterocycles. The Hall–Kier alpha value is -4.28. The number of hydrogen-bond donors (Lipinski definition) is 2. The van der Waals surface area contributed by atoms with Gasteiger partial charge in [0.2, 0.25) is 5.88 Å². The molecular weight excluding hydrogens is 492 g/mol. The molecule has 10 heteroatoms. The molecule has 0 spiro atoms. The fourth-order valence-electron chi connectivity index (χ4n) is 5.06. The average molecular weight is 525 g/mol. The Morgan fingerprint density at radius 1 is 1.08 bits per heavy atom. The number of nitrogens with zero attached hydrogens (tertiary/aromatic N) is 6. The standard InChI is InChI=1S/C29H32N8O2/c1-2-22-28-23(33-29(38)25-19-31-26-10-3-4-14-36(25)26)8-6-9-24(28)37(34-22)20-21-7-5-11-27(32-21)39-18-17-35-15-12-30-13-16-35/h3-11,14,19,30H,2,12-13,15-18,20H2,1H3,(H,33,38). The van der Waals surface area contributed by atoms with Crippen LogP contribution < -0.4 is 15.4 Å². The van der Waals surface area contributed by atoms with Gasteiger partial charge >= 0.3 is 0 Å². The molecule has 5 heterocycles. The van der Waals surface area contributed by atoms with E-state index in [0.717, 1.165) is 72.8 Å². The summed E-state index contributed by atoms with van der Waals surface area (Å²) in [6, 6.07) is 17.4. The second-order valence-corrected chi connectivity index (χ2v) is 9.59. The third-order valence-corrected chi connectivity index (χ3v) is 7.04. The number of pyridine rings is 2. The Morgan fingerprint density at radius 2 is 1.95 bits per heavy atom. The van der Waals surface area contributed by atoms with Crippen molar-refractivity contribution in [2.45, 2.75) is 19.9 Å². The fraction of sp³-hybridized carbons (Fsp3) is 0.310. The molecule has 10 nitrogen and oxygen atoms in total. The van der Waals surface area contributed by atoms with Crippen LogP contribution >= 0.6 is 0 Å². The first-order chi connectivity index (χ1) is 19.2. The summed E-state index contributed by atoms with van der Waals surface area (Å²) in [5.41, 5.74) is 4.65. The van der Waals surface area contributed by atoms with Gasteiger partial charge in [-0.05, 0) is 36.8 Å². The van der Waals surface area contributed by atoms with Gasteiger partial charge in [-0.2, -0.15) is 5.10 Å². The summed E-state index contributed by atoms with van der Waals surface area (Å²) in [5, 5.41) is 12.3. The number of hydrogen-bond acceptors (Lipinski definition) is 7. The van der Waals surface area contributed by atoms with Crippen molar-refractivity contribution >= 4 is 28.1 Å². The van der Waals surface area contributed by atoms with Gasteiger partial charge in [-0.25, -0.2) is 9.97 Å². The van der Waals surface area contributed by atoms with Crippen LogP contribution in [0.1, 0.15) is 28.8 Å². The molecule has 0 atom stereocenters. The van der Waals surface area contributed by atoms with Gasteiger partial charge in [0.05, 0.1) is 35.3 Å². The number of carbonyl (C=O) groups excluding carboxylic acids is 1. The van der Waals surface area contributed by atoms with Gasteiger partial charge < -0.3 is 15.4 Å². The topological polar surface area (TPSA) is 102 Å². The molecule has 6 rings (SSSR count). The van der Waals surface area contributed by atoms with Gasteiger partial charge in [0.15, 0.2) is 0 Å². The highest BCUT2D eigenvalue weighted by Crippen LogP contribution is 2.28. The summed E-state index contributed by atoms with van der Waals surface area (Å²) in [6.45, 7) is 8.21. The molecule has 200 valence electrons. The van der Waals surface area contributed by atoms with Crippen molar-refractivity contribution < 1.29 is 9.53 Å². The average Bonchev–Trinajstić information content (AvgIpc) is 3.56. The molecule has 5 aromatic rings. The van der Waals surface area contributed by atoms with Gasteiger partial charge in [-0.1, -0.05) is 25.1 Å². The number of piperazine rings is 1. The predicted molar refractivity (Wildman–Crippen MR) is 150 cm³/mol. The molecule has 0 bridgehead atoms. The third kappa shape index (κ3) is 5.34. The molecule has 1 amide bonds. The molecule has 1 fully saturated rings. The van der Waals surface area contributed by atoms with Crippen LogP contribution in [-0.2, 0) is 13.0 Å². The molecule has 1 aliphatic rings. The van der Waals surface area contributed by atoms with Crippen molar-refractivity contribution in [3.8, 4) is 5.88 Å². The number of benzene rings is 1. The smallest absolute Gasteiger partial charge is 0.274 e. The van der Waals surface area contributed by atoms with E-state index >= 15 is 0 Å². The van der Waals surface area contributed by atoms with Crippen LogP contribution in [0.25, 0.3) is 16.6 Å². The Balaban J connectivity index is 1.20. The summed E-state index contributed by atoms with van der Waals surface area (Å²) < 4.78 is 9.70. The molecule has 0 saturated carbocycles. The number of rotatable bonds is 9. The van der Waals surface area contributed by atoms with E-state index in [0.29, 0.717) is 24.7 Å². The lowest BCUT2D eigenvalue weighted by Gasteiger charge is -2.26. The van der Waals surface area contributed by atoms with Crippen molar-refractivity contribution in [2.75, 3.05) is 44.6 Å². The second kappa shape index (κ2) is 11.2. The van der Waals surface area contributed by atoms with Crippen molar-refractivity contribution in [3.05, 3.63) is 84.1 Å². The molecule has 2 N–H and O–H groups in total. The molecule has 0 unspecified atom stereocenters. The van der Waals surface area contributed by atoms with E-state index in [1.54, 1.807) is 10.6 Å². The molecular formula is C29H32N8O2. The molecule has 1 saturated heterocycles. The van der Waals surface area contributed by atoms with Gasteiger partial charge in [0, 0.05) is 50.4 Å². The quantitative estimate of drug-likeness (QED) is 0.305. The van der Waals surface area contributed by atoms with E-state index in [9.17, 15) is 4.79 Å².